The van der Waals surface area contributed by atoms with Gasteiger partial charge in [-0.05, 0) is 12.8 Å². The van der Waals surface area contributed by atoms with Gasteiger partial charge in [0.2, 0.25) is 0 Å². The summed E-state index contributed by atoms with van der Waals surface area (Å²) in [6.07, 6.45) is 1.19. The van der Waals surface area contributed by atoms with E-state index in [0.717, 1.165) is 0 Å². The third kappa shape index (κ3) is 1.70. The lowest BCUT2D eigenvalue weighted by Gasteiger charge is -2.29. The summed E-state index contributed by atoms with van der Waals surface area (Å²) in [6.45, 7) is 1.43. The average Bonchev–Trinajstić information content (AvgIpc) is 2.56. The minimum atomic E-state index is -0.233. The Kier molecular flexibility index (Phi) is 2.71. The van der Waals surface area contributed by atoms with Crippen molar-refractivity contribution in [1.29, 1.82) is 5.26 Å². The van der Waals surface area contributed by atoms with Crippen molar-refractivity contribution < 1.29 is 5.11 Å². The SMILES string of the molecule is Cn1nc(N2CCC(O)CC2)c(C#N)c1N. The van der Waals surface area contributed by atoms with E-state index in [9.17, 15) is 5.11 Å². The van der Waals surface area contributed by atoms with Crippen LogP contribution in [-0.4, -0.2) is 34.1 Å². The molecule has 0 bridgehead atoms. The van der Waals surface area contributed by atoms with Crippen LogP contribution in [0.25, 0.3) is 0 Å². The monoisotopic (exact) mass is 221 g/mol. The highest BCUT2D eigenvalue weighted by Gasteiger charge is 2.23. The molecule has 1 saturated heterocycles. The first kappa shape index (κ1) is 10.8. The van der Waals surface area contributed by atoms with Crippen molar-refractivity contribution in [2.24, 2.45) is 7.05 Å². The number of aryl methyl sites for hydroxylation is 1. The van der Waals surface area contributed by atoms with Gasteiger partial charge < -0.3 is 15.7 Å². The lowest BCUT2D eigenvalue weighted by Crippen LogP contribution is -2.36. The molecule has 1 aromatic rings. The number of nitrogens with two attached hydrogens (primary N) is 1. The highest BCUT2D eigenvalue weighted by atomic mass is 16.3. The fourth-order valence-corrected chi connectivity index (χ4v) is 1.93. The van der Waals surface area contributed by atoms with E-state index in [-0.39, 0.29) is 6.10 Å². The third-order valence-electron chi connectivity index (χ3n) is 2.95. The summed E-state index contributed by atoms with van der Waals surface area (Å²) >= 11 is 0. The van der Waals surface area contributed by atoms with Crippen LogP contribution in [0.3, 0.4) is 0 Å². The Balaban J connectivity index is 2.27. The van der Waals surface area contributed by atoms with E-state index in [0.29, 0.717) is 43.1 Å². The molecule has 1 aromatic heterocycles. The summed E-state index contributed by atoms with van der Waals surface area (Å²) in [7, 11) is 1.72. The number of aromatic nitrogens is 2. The Morgan fingerprint density at radius 3 is 2.69 bits per heavy atom. The van der Waals surface area contributed by atoms with E-state index in [4.69, 9.17) is 11.0 Å². The first-order valence-corrected chi connectivity index (χ1v) is 5.29. The van der Waals surface area contributed by atoms with Gasteiger partial charge in [0.05, 0.1) is 6.10 Å². The Labute approximate surface area is 93.9 Å². The van der Waals surface area contributed by atoms with Crippen molar-refractivity contribution in [3.63, 3.8) is 0 Å². The molecule has 0 aliphatic carbocycles. The molecule has 0 saturated carbocycles. The third-order valence-corrected chi connectivity index (χ3v) is 2.95. The van der Waals surface area contributed by atoms with Crippen LogP contribution in [0.15, 0.2) is 0 Å². The topological polar surface area (TPSA) is 91.1 Å². The molecule has 6 nitrogen and oxygen atoms in total. The maximum absolute atomic E-state index is 9.42. The van der Waals surface area contributed by atoms with E-state index in [1.54, 1.807) is 7.05 Å². The second kappa shape index (κ2) is 4.02. The molecule has 2 heterocycles. The van der Waals surface area contributed by atoms with Crippen LogP contribution < -0.4 is 10.6 Å². The van der Waals surface area contributed by atoms with Crippen molar-refractivity contribution in [2.75, 3.05) is 23.7 Å². The average molecular weight is 221 g/mol. The molecule has 16 heavy (non-hydrogen) atoms. The number of nitrogens with zero attached hydrogens (tertiary/aromatic N) is 4. The van der Waals surface area contributed by atoms with Gasteiger partial charge in [0.15, 0.2) is 5.82 Å². The molecule has 0 amide bonds. The summed E-state index contributed by atoms with van der Waals surface area (Å²) in [6, 6.07) is 2.08. The molecule has 3 N–H and O–H groups in total. The van der Waals surface area contributed by atoms with Crippen LogP contribution in [-0.2, 0) is 7.05 Å². The predicted molar refractivity (Wildman–Crippen MR) is 59.8 cm³/mol. The van der Waals surface area contributed by atoms with Gasteiger partial charge in [0.1, 0.15) is 17.5 Å². The molecule has 1 aliphatic rings. The van der Waals surface area contributed by atoms with Crippen LogP contribution in [0.4, 0.5) is 11.6 Å². The molecule has 6 heteroatoms. The van der Waals surface area contributed by atoms with Gasteiger partial charge in [-0.25, -0.2) is 4.68 Å². The number of nitriles is 1. The highest BCUT2D eigenvalue weighted by Crippen LogP contribution is 2.26. The first-order chi connectivity index (χ1) is 7.63. The van der Waals surface area contributed by atoms with E-state index in [1.807, 2.05) is 4.90 Å². The van der Waals surface area contributed by atoms with Crippen molar-refractivity contribution in [1.82, 2.24) is 9.78 Å². The number of hydrogen-bond acceptors (Lipinski definition) is 5. The van der Waals surface area contributed by atoms with Gasteiger partial charge >= 0.3 is 0 Å². The summed E-state index contributed by atoms with van der Waals surface area (Å²) in [5.74, 6) is 1.03. The first-order valence-electron chi connectivity index (χ1n) is 5.29. The second-order valence-corrected chi connectivity index (χ2v) is 4.04. The number of anilines is 2. The van der Waals surface area contributed by atoms with Crippen molar-refractivity contribution in [3.05, 3.63) is 5.56 Å². The Hall–Kier alpha value is -1.74. The van der Waals surface area contributed by atoms with Gasteiger partial charge in [0.25, 0.3) is 0 Å². The molecular formula is C10H15N5O. The lowest BCUT2D eigenvalue weighted by molar-refractivity contribution is 0.145. The Morgan fingerprint density at radius 1 is 1.50 bits per heavy atom. The number of piperidine rings is 1. The maximum atomic E-state index is 9.42. The second-order valence-electron chi connectivity index (χ2n) is 4.04. The molecule has 2 rings (SSSR count). The van der Waals surface area contributed by atoms with Gasteiger partial charge in [-0.2, -0.15) is 10.4 Å². The van der Waals surface area contributed by atoms with Gasteiger partial charge in [-0.15, -0.1) is 0 Å². The van der Waals surface area contributed by atoms with Gasteiger partial charge in [0, 0.05) is 20.1 Å². The number of rotatable bonds is 1. The number of aliphatic hydroxyl groups excluding tert-OH is 1. The fraction of sp³-hybridized carbons (Fsp3) is 0.600. The number of nitrogen functional groups attached to an aromatic ring is 1. The zero-order chi connectivity index (χ0) is 11.7. The Morgan fingerprint density at radius 2 is 2.12 bits per heavy atom. The molecule has 0 atom stereocenters. The standard InChI is InChI=1S/C10H15N5O/c1-14-9(12)8(6-11)10(13-14)15-4-2-7(16)3-5-15/h7,16H,2-5,12H2,1H3. The van der Waals surface area contributed by atoms with E-state index in [1.165, 1.54) is 4.68 Å². The summed E-state index contributed by atoms with van der Waals surface area (Å²) in [5.41, 5.74) is 6.18. The summed E-state index contributed by atoms with van der Waals surface area (Å²) < 4.78 is 1.51. The maximum Gasteiger partial charge on any atom is 0.170 e. The molecule has 0 unspecified atom stereocenters. The van der Waals surface area contributed by atoms with Crippen molar-refractivity contribution in [2.45, 2.75) is 18.9 Å². The summed E-state index contributed by atoms with van der Waals surface area (Å²) in [5, 5.41) is 22.7. The zero-order valence-corrected chi connectivity index (χ0v) is 9.22. The minimum absolute atomic E-state index is 0.233. The van der Waals surface area contributed by atoms with Crippen LogP contribution in [0.5, 0.6) is 0 Å². The molecule has 1 fully saturated rings. The van der Waals surface area contributed by atoms with Gasteiger partial charge in [-0.3, -0.25) is 0 Å². The lowest BCUT2D eigenvalue weighted by atomic mass is 10.1. The smallest absolute Gasteiger partial charge is 0.170 e. The molecule has 0 aromatic carbocycles. The summed E-state index contributed by atoms with van der Waals surface area (Å²) in [4.78, 5) is 2.00. The van der Waals surface area contributed by atoms with E-state index >= 15 is 0 Å². The number of aliphatic hydroxyl groups is 1. The van der Waals surface area contributed by atoms with Crippen LogP contribution in [0.1, 0.15) is 18.4 Å². The van der Waals surface area contributed by atoms with E-state index in [2.05, 4.69) is 11.2 Å². The zero-order valence-electron chi connectivity index (χ0n) is 9.22. The minimum Gasteiger partial charge on any atom is -0.393 e. The largest absolute Gasteiger partial charge is 0.393 e. The highest BCUT2D eigenvalue weighted by molar-refractivity contribution is 5.64. The van der Waals surface area contributed by atoms with Crippen LogP contribution >= 0.6 is 0 Å². The van der Waals surface area contributed by atoms with Crippen LogP contribution in [0, 0.1) is 11.3 Å². The number of hydrogen-bond donors (Lipinski definition) is 2. The Bertz CT molecular complexity index is 425. The fourth-order valence-electron chi connectivity index (χ4n) is 1.93. The van der Waals surface area contributed by atoms with Gasteiger partial charge in [-0.1, -0.05) is 0 Å². The quantitative estimate of drug-likeness (QED) is 0.687. The molecule has 1 aliphatic heterocycles. The van der Waals surface area contributed by atoms with Crippen LogP contribution in [0.2, 0.25) is 0 Å². The van der Waals surface area contributed by atoms with E-state index < -0.39 is 0 Å². The van der Waals surface area contributed by atoms with Crippen molar-refractivity contribution in [3.8, 4) is 6.07 Å². The molecule has 0 spiro atoms. The molecule has 86 valence electrons. The normalized spacial score (nSPS) is 17.4. The van der Waals surface area contributed by atoms with Crippen molar-refractivity contribution >= 4 is 11.6 Å². The predicted octanol–water partition coefficient (Wildman–Crippen LogP) is -0.165. The molecular weight excluding hydrogens is 206 g/mol. The molecule has 0 radical (unpaired) electrons.